The first-order valence-electron chi connectivity index (χ1n) is 11.3. The Morgan fingerprint density at radius 3 is 2.53 bits per heavy atom. The van der Waals surface area contributed by atoms with Crippen LogP contribution in [0.5, 0.6) is 0 Å². The number of carbonyl (C=O) groups excluding carboxylic acids is 1. The molecule has 0 saturated carbocycles. The number of benzene rings is 1. The van der Waals surface area contributed by atoms with Gasteiger partial charge in [0.25, 0.3) is 11.9 Å². The highest BCUT2D eigenvalue weighted by atomic mass is 16.5. The average Bonchev–Trinajstić information content (AvgIpc) is 3.12. The highest BCUT2D eigenvalue weighted by Crippen LogP contribution is 2.33. The number of nitrogens with zero attached hydrogens (tertiary/aromatic N) is 3. The maximum absolute atomic E-state index is 13.2. The molecule has 0 aliphatic carbocycles. The smallest absolute Gasteiger partial charge is 0.298 e. The standard InChI is InChI=1S/C23H32N4O3/c1-14-12-27(13-15(2)29-14)23-25-21-19(8-5-9-20(21)30-23)22(28)24-16-10-17-6-4-7-18(11-16)26(17)3/h5,8-9,14-18H,4,6-7,10-13H2,1-3H3,(H,24,28). The third-order valence-corrected chi connectivity index (χ3v) is 7.02. The lowest BCUT2D eigenvalue weighted by Gasteiger charge is -2.47. The van der Waals surface area contributed by atoms with Gasteiger partial charge in [0.1, 0.15) is 5.52 Å². The molecule has 4 atom stereocenters. The lowest BCUT2D eigenvalue weighted by molar-refractivity contribution is -0.00662. The molecule has 1 amide bonds. The summed E-state index contributed by atoms with van der Waals surface area (Å²) in [7, 11) is 2.23. The summed E-state index contributed by atoms with van der Waals surface area (Å²) in [6.45, 7) is 5.58. The minimum Gasteiger partial charge on any atom is -0.423 e. The van der Waals surface area contributed by atoms with E-state index in [1.807, 2.05) is 18.2 Å². The molecular formula is C23H32N4O3. The normalized spacial score (nSPS) is 32.4. The van der Waals surface area contributed by atoms with Gasteiger partial charge < -0.3 is 24.3 Å². The number of anilines is 1. The van der Waals surface area contributed by atoms with Gasteiger partial charge in [0.2, 0.25) is 0 Å². The van der Waals surface area contributed by atoms with Crippen molar-refractivity contribution in [1.29, 1.82) is 0 Å². The van der Waals surface area contributed by atoms with Crippen LogP contribution >= 0.6 is 0 Å². The van der Waals surface area contributed by atoms with Gasteiger partial charge in [-0.2, -0.15) is 4.98 Å². The van der Waals surface area contributed by atoms with Gasteiger partial charge in [-0.05, 0) is 58.7 Å². The van der Waals surface area contributed by atoms with Crippen molar-refractivity contribution in [3.05, 3.63) is 23.8 Å². The number of nitrogens with one attached hydrogen (secondary N) is 1. The second kappa shape index (κ2) is 7.85. The van der Waals surface area contributed by atoms with E-state index in [0.717, 1.165) is 25.9 Å². The molecular weight excluding hydrogens is 380 g/mol. The lowest BCUT2D eigenvalue weighted by Crippen LogP contribution is -2.55. The second-order valence-electron chi connectivity index (χ2n) is 9.36. The van der Waals surface area contributed by atoms with E-state index in [4.69, 9.17) is 14.1 Å². The van der Waals surface area contributed by atoms with Crippen molar-refractivity contribution >= 4 is 23.0 Å². The van der Waals surface area contributed by atoms with Crippen LogP contribution in [0.3, 0.4) is 0 Å². The van der Waals surface area contributed by atoms with Crippen molar-refractivity contribution < 1.29 is 13.9 Å². The Morgan fingerprint density at radius 1 is 1.13 bits per heavy atom. The molecule has 1 N–H and O–H groups in total. The number of amides is 1. The number of hydrogen-bond acceptors (Lipinski definition) is 6. The van der Waals surface area contributed by atoms with Crippen molar-refractivity contribution in [3.63, 3.8) is 0 Å². The van der Waals surface area contributed by atoms with E-state index in [1.54, 1.807) is 0 Å². The van der Waals surface area contributed by atoms with Crippen LogP contribution in [0.15, 0.2) is 22.6 Å². The monoisotopic (exact) mass is 412 g/mol. The van der Waals surface area contributed by atoms with E-state index in [2.05, 4.69) is 36.0 Å². The lowest BCUT2D eigenvalue weighted by atomic mass is 9.82. The molecule has 7 heteroatoms. The van der Waals surface area contributed by atoms with Gasteiger partial charge in [-0.25, -0.2) is 0 Å². The second-order valence-corrected chi connectivity index (χ2v) is 9.36. The third-order valence-electron chi connectivity index (χ3n) is 7.02. The summed E-state index contributed by atoms with van der Waals surface area (Å²) in [4.78, 5) is 22.5. The Hall–Kier alpha value is -2.12. The molecule has 3 fully saturated rings. The predicted octanol–water partition coefficient (Wildman–Crippen LogP) is 3.19. The van der Waals surface area contributed by atoms with Crippen molar-refractivity contribution in [3.8, 4) is 0 Å². The largest absolute Gasteiger partial charge is 0.423 e. The van der Waals surface area contributed by atoms with E-state index >= 15 is 0 Å². The predicted molar refractivity (Wildman–Crippen MR) is 116 cm³/mol. The molecule has 5 rings (SSSR count). The number of rotatable bonds is 3. The van der Waals surface area contributed by atoms with Crippen LogP contribution in [0.25, 0.3) is 11.1 Å². The van der Waals surface area contributed by atoms with Crippen LogP contribution in [-0.2, 0) is 4.74 Å². The molecule has 2 aromatic rings. The molecule has 4 unspecified atom stereocenters. The summed E-state index contributed by atoms with van der Waals surface area (Å²) in [6.07, 6.45) is 6.08. The van der Waals surface area contributed by atoms with Crippen LogP contribution < -0.4 is 10.2 Å². The van der Waals surface area contributed by atoms with Crippen LogP contribution in [0.2, 0.25) is 0 Å². The van der Waals surface area contributed by atoms with Gasteiger partial charge in [-0.15, -0.1) is 0 Å². The molecule has 2 bridgehead atoms. The Balaban J connectivity index is 1.35. The maximum Gasteiger partial charge on any atom is 0.298 e. The first kappa shape index (κ1) is 19.8. The van der Waals surface area contributed by atoms with Crippen LogP contribution in [0.1, 0.15) is 56.3 Å². The van der Waals surface area contributed by atoms with E-state index in [0.29, 0.717) is 34.8 Å². The molecule has 3 aliphatic heterocycles. The Kier molecular flexibility index (Phi) is 5.19. The Labute approximate surface area is 177 Å². The highest BCUT2D eigenvalue weighted by molar-refractivity contribution is 6.04. The SMILES string of the molecule is CC1CN(c2nc3c(C(=O)NC4CC5CCCC(C4)N5C)cccc3o2)CC(C)O1. The molecule has 3 saturated heterocycles. The Bertz CT molecular complexity index is 904. The number of hydrogen-bond donors (Lipinski definition) is 1. The summed E-state index contributed by atoms with van der Waals surface area (Å²) in [5, 5.41) is 3.30. The number of piperidine rings is 2. The quantitative estimate of drug-likeness (QED) is 0.835. The fraction of sp³-hybridized carbons (Fsp3) is 0.652. The number of ether oxygens (including phenoxy) is 1. The summed E-state index contributed by atoms with van der Waals surface area (Å²) >= 11 is 0. The highest BCUT2D eigenvalue weighted by Gasteiger charge is 2.36. The molecule has 7 nitrogen and oxygen atoms in total. The number of para-hydroxylation sites is 1. The van der Waals surface area contributed by atoms with Crippen LogP contribution in [0.4, 0.5) is 6.01 Å². The van der Waals surface area contributed by atoms with Gasteiger partial charge in [-0.3, -0.25) is 4.79 Å². The Morgan fingerprint density at radius 2 is 1.83 bits per heavy atom. The van der Waals surface area contributed by atoms with E-state index in [1.165, 1.54) is 19.3 Å². The van der Waals surface area contributed by atoms with Gasteiger partial charge in [-0.1, -0.05) is 12.5 Å². The molecule has 162 valence electrons. The van der Waals surface area contributed by atoms with Crippen molar-refractivity contribution in [1.82, 2.24) is 15.2 Å². The van der Waals surface area contributed by atoms with Crippen LogP contribution in [-0.4, -0.2) is 66.3 Å². The zero-order valence-electron chi connectivity index (χ0n) is 18.1. The molecule has 3 aliphatic rings. The molecule has 1 aromatic heterocycles. The van der Waals surface area contributed by atoms with Crippen molar-refractivity contribution in [2.75, 3.05) is 25.0 Å². The third kappa shape index (κ3) is 3.69. The number of aromatic nitrogens is 1. The van der Waals surface area contributed by atoms with E-state index in [9.17, 15) is 4.79 Å². The van der Waals surface area contributed by atoms with Gasteiger partial charge in [0.05, 0.1) is 17.8 Å². The number of morpholine rings is 1. The fourth-order valence-electron chi connectivity index (χ4n) is 5.59. The molecule has 0 radical (unpaired) electrons. The van der Waals surface area contributed by atoms with Gasteiger partial charge >= 0.3 is 0 Å². The number of carbonyl (C=O) groups is 1. The van der Waals surface area contributed by atoms with E-state index in [-0.39, 0.29) is 24.2 Å². The molecule has 4 heterocycles. The number of oxazole rings is 1. The summed E-state index contributed by atoms with van der Waals surface area (Å²) in [5.41, 5.74) is 1.90. The average molecular weight is 413 g/mol. The summed E-state index contributed by atoms with van der Waals surface area (Å²) in [5.74, 6) is -0.0446. The first-order valence-corrected chi connectivity index (χ1v) is 11.3. The minimum absolute atomic E-state index is 0.0446. The summed E-state index contributed by atoms with van der Waals surface area (Å²) in [6, 6.07) is 7.58. The zero-order valence-corrected chi connectivity index (χ0v) is 18.1. The first-order chi connectivity index (χ1) is 14.5. The van der Waals surface area contributed by atoms with Crippen LogP contribution in [0, 0.1) is 0 Å². The van der Waals surface area contributed by atoms with Gasteiger partial charge in [0.15, 0.2) is 5.58 Å². The minimum atomic E-state index is -0.0446. The number of fused-ring (bicyclic) bond motifs is 3. The molecule has 1 aromatic carbocycles. The summed E-state index contributed by atoms with van der Waals surface area (Å²) < 4.78 is 11.9. The zero-order chi connectivity index (χ0) is 20.8. The molecule has 0 spiro atoms. The van der Waals surface area contributed by atoms with E-state index < -0.39 is 0 Å². The topological polar surface area (TPSA) is 70.8 Å². The maximum atomic E-state index is 13.2. The van der Waals surface area contributed by atoms with Crippen molar-refractivity contribution in [2.45, 2.75) is 76.3 Å². The fourth-order valence-corrected chi connectivity index (χ4v) is 5.59. The van der Waals surface area contributed by atoms with Crippen molar-refractivity contribution in [2.24, 2.45) is 0 Å². The molecule has 30 heavy (non-hydrogen) atoms. The van der Waals surface area contributed by atoms with Gasteiger partial charge in [0, 0.05) is 31.2 Å².